The van der Waals surface area contributed by atoms with E-state index in [0.29, 0.717) is 13.2 Å². The maximum atomic E-state index is 10.8. The Bertz CT molecular complexity index is 310. The van der Waals surface area contributed by atoms with Gasteiger partial charge < -0.3 is 14.4 Å². The molecule has 2 atom stereocenters. The molecule has 1 aromatic rings. The van der Waals surface area contributed by atoms with Gasteiger partial charge in [0.25, 0.3) is 0 Å². The number of hydrogen-bond donors (Lipinski definition) is 1. The van der Waals surface area contributed by atoms with E-state index in [1.165, 1.54) is 0 Å². The summed E-state index contributed by atoms with van der Waals surface area (Å²) in [5.41, 5.74) is 0. The summed E-state index contributed by atoms with van der Waals surface area (Å²) in [7, 11) is 0. The summed E-state index contributed by atoms with van der Waals surface area (Å²) in [6.07, 6.45) is 5.35. The third-order valence-corrected chi connectivity index (χ3v) is 2.46. The van der Waals surface area contributed by atoms with E-state index in [1.807, 2.05) is 10.8 Å². The van der Waals surface area contributed by atoms with Crippen LogP contribution in [0.2, 0.25) is 0 Å². The Morgan fingerprint density at radius 2 is 2.57 bits per heavy atom. The second-order valence-electron chi connectivity index (χ2n) is 3.44. The fourth-order valence-electron chi connectivity index (χ4n) is 1.76. The quantitative estimate of drug-likeness (QED) is 0.758. The van der Waals surface area contributed by atoms with Crippen LogP contribution in [0.25, 0.3) is 0 Å². The lowest BCUT2D eigenvalue weighted by molar-refractivity contribution is -0.149. The minimum atomic E-state index is -0.868. The monoisotopic (exact) mass is 196 g/mol. The zero-order valence-electron chi connectivity index (χ0n) is 7.67. The molecular weight excluding hydrogens is 184 g/mol. The number of carbonyl (C=O) groups is 1. The van der Waals surface area contributed by atoms with E-state index >= 15 is 0 Å². The molecule has 2 rings (SSSR count). The molecule has 0 radical (unpaired) electrons. The number of carboxylic acids is 1. The van der Waals surface area contributed by atoms with Gasteiger partial charge in [0.05, 0.1) is 6.33 Å². The van der Waals surface area contributed by atoms with Crippen molar-refractivity contribution in [2.45, 2.75) is 19.1 Å². The highest BCUT2D eigenvalue weighted by atomic mass is 16.5. The number of hydrogen-bond acceptors (Lipinski definition) is 3. The Morgan fingerprint density at radius 1 is 1.71 bits per heavy atom. The van der Waals surface area contributed by atoms with Gasteiger partial charge in [-0.3, -0.25) is 0 Å². The van der Waals surface area contributed by atoms with Gasteiger partial charge in [0.15, 0.2) is 6.10 Å². The number of rotatable bonds is 3. The van der Waals surface area contributed by atoms with Crippen LogP contribution in [0.5, 0.6) is 0 Å². The molecule has 76 valence electrons. The van der Waals surface area contributed by atoms with Crippen molar-refractivity contribution < 1.29 is 14.6 Å². The van der Waals surface area contributed by atoms with Crippen molar-refractivity contribution in [3.8, 4) is 0 Å². The lowest BCUT2D eigenvalue weighted by Gasteiger charge is -2.14. The van der Waals surface area contributed by atoms with E-state index in [-0.39, 0.29) is 5.92 Å². The van der Waals surface area contributed by atoms with Crippen molar-refractivity contribution in [1.82, 2.24) is 9.55 Å². The van der Waals surface area contributed by atoms with Crippen molar-refractivity contribution in [3.63, 3.8) is 0 Å². The Kier molecular flexibility index (Phi) is 2.49. The van der Waals surface area contributed by atoms with Crippen LogP contribution in [0.3, 0.4) is 0 Å². The number of aromatic nitrogens is 2. The Hall–Kier alpha value is -1.36. The smallest absolute Gasteiger partial charge is 0.333 e. The van der Waals surface area contributed by atoms with Crippen LogP contribution in [0.4, 0.5) is 0 Å². The van der Waals surface area contributed by atoms with Crippen LogP contribution < -0.4 is 0 Å². The standard InChI is InChI=1S/C9H12N2O3/c12-9(13)8-7(1-4-14-8)5-11-3-2-10-6-11/h2-3,6-8H,1,4-5H2,(H,12,13)/t7-,8+/m0/s1. The first kappa shape index (κ1) is 9.21. The Balaban J connectivity index is 2.00. The van der Waals surface area contributed by atoms with Crippen LogP contribution in [-0.4, -0.2) is 33.3 Å². The van der Waals surface area contributed by atoms with Crippen LogP contribution in [0.1, 0.15) is 6.42 Å². The van der Waals surface area contributed by atoms with E-state index in [1.54, 1.807) is 12.5 Å². The molecule has 0 bridgehead atoms. The number of carboxylic acid groups (broad SMARTS) is 1. The summed E-state index contributed by atoms with van der Waals surface area (Å²) in [5.74, 6) is -0.811. The first-order valence-electron chi connectivity index (χ1n) is 4.57. The zero-order chi connectivity index (χ0) is 9.97. The average molecular weight is 196 g/mol. The van der Waals surface area contributed by atoms with Crippen molar-refractivity contribution >= 4 is 5.97 Å². The molecule has 0 spiro atoms. The van der Waals surface area contributed by atoms with Crippen molar-refractivity contribution in [2.75, 3.05) is 6.61 Å². The molecule has 14 heavy (non-hydrogen) atoms. The van der Waals surface area contributed by atoms with E-state index < -0.39 is 12.1 Å². The van der Waals surface area contributed by atoms with Gasteiger partial charge in [0.2, 0.25) is 0 Å². The lowest BCUT2D eigenvalue weighted by Crippen LogP contribution is -2.28. The van der Waals surface area contributed by atoms with Gasteiger partial charge in [-0.15, -0.1) is 0 Å². The molecule has 2 heterocycles. The molecule has 5 nitrogen and oxygen atoms in total. The molecule has 0 amide bonds. The topological polar surface area (TPSA) is 64.3 Å². The van der Waals surface area contributed by atoms with Crippen molar-refractivity contribution in [3.05, 3.63) is 18.7 Å². The van der Waals surface area contributed by atoms with Gasteiger partial charge >= 0.3 is 5.97 Å². The largest absolute Gasteiger partial charge is 0.479 e. The number of ether oxygens (including phenoxy) is 1. The summed E-state index contributed by atoms with van der Waals surface area (Å²) in [6, 6.07) is 0. The van der Waals surface area contributed by atoms with E-state index in [9.17, 15) is 4.79 Å². The third-order valence-electron chi connectivity index (χ3n) is 2.46. The van der Waals surface area contributed by atoms with Gasteiger partial charge in [-0.1, -0.05) is 0 Å². The molecule has 1 aliphatic heterocycles. The first-order valence-corrected chi connectivity index (χ1v) is 4.57. The van der Waals surface area contributed by atoms with Gasteiger partial charge in [0, 0.05) is 31.5 Å². The number of aliphatic carboxylic acids is 1. The molecule has 1 aliphatic rings. The molecule has 1 N–H and O–H groups in total. The van der Waals surface area contributed by atoms with Gasteiger partial charge in [-0.25, -0.2) is 9.78 Å². The first-order chi connectivity index (χ1) is 6.77. The van der Waals surface area contributed by atoms with Crippen LogP contribution in [-0.2, 0) is 16.1 Å². The minimum Gasteiger partial charge on any atom is -0.479 e. The molecule has 0 saturated carbocycles. The van der Waals surface area contributed by atoms with Crippen LogP contribution >= 0.6 is 0 Å². The average Bonchev–Trinajstić information content (AvgIpc) is 2.75. The molecule has 1 saturated heterocycles. The summed E-state index contributed by atoms with van der Waals surface area (Å²) >= 11 is 0. The molecule has 0 aliphatic carbocycles. The predicted molar refractivity (Wildman–Crippen MR) is 47.7 cm³/mol. The maximum Gasteiger partial charge on any atom is 0.333 e. The Morgan fingerprint density at radius 3 is 3.21 bits per heavy atom. The van der Waals surface area contributed by atoms with Gasteiger partial charge in [0.1, 0.15) is 0 Å². The summed E-state index contributed by atoms with van der Waals surface area (Å²) in [5, 5.41) is 8.86. The minimum absolute atomic E-state index is 0.0571. The maximum absolute atomic E-state index is 10.8. The zero-order valence-corrected chi connectivity index (χ0v) is 7.67. The molecule has 1 aromatic heterocycles. The van der Waals surface area contributed by atoms with Gasteiger partial charge in [-0.2, -0.15) is 0 Å². The van der Waals surface area contributed by atoms with E-state index in [2.05, 4.69) is 4.98 Å². The fraction of sp³-hybridized carbons (Fsp3) is 0.556. The highest BCUT2D eigenvalue weighted by molar-refractivity contribution is 5.73. The predicted octanol–water partition coefficient (Wildman–Crippen LogP) is 0.373. The molecule has 1 fully saturated rings. The third kappa shape index (κ3) is 1.77. The van der Waals surface area contributed by atoms with Crippen molar-refractivity contribution in [2.24, 2.45) is 5.92 Å². The summed E-state index contributed by atoms with van der Waals surface area (Å²) < 4.78 is 7.03. The highest BCUT2D eigenvalue weighted by Crippen LogP contribution is 2.22. The van der Waals surface area contributed by atoms with Gasteiger partial charge in [-0.05, 0) is 6.42 Å². The molecular formula is C9H12N2O3. The summed E-state index contributed by atoms with van der Waals surface area (Å²) in [6.45, 7) is 1.20. The molecule has 5 heteroatoms. The normalized spacial score (nSPS) is 26.6. The second-order valence-corrected chi connectivity index (χ2v) is 3.44. The summed E-state index contributed by atoms with van der Waals surface area (Å²) in [4.78, 5) is 14.7. The van der Waals surface area contributed by atoms with Crippen LogP contribution in [0.15, 0.2) is 18.7 Å². The number of imidazole rings is 1. The second kappa shape index (κ2) is 3.79. The fourth-order valence-corrected chi connectivity index (χ4v) is 1.76. The number of nitrogens with zero attached hydrogens (tertiary/aromatic N) is 2. The van der Waals surface area contributed by atoms with E-state index in [4.69, 9.17) is 9.84 Å². The molecule has 0 aromatic carbocycles. The molecule has 0 unspecified atom stereocenters. The highest BCUT2D eigenvalue weighted by Gasteiger charge is 2.33. The van der Waals surface area contributed by atoms with Crippen molar-refractivity contribution in [1.29, 1.82) is 0 Å². The Labute approximate surface area is 81.3 Å². The van der Waals surface area contributed by atoms with Crippen LogP contribution in [0, 0.1) is 5.92 Å². The SMILES string of the molecule is O=C(O)[C@@H]1OCC[C@H]1Cn1ccnc1. The lowest BCUT2D eigenvalue weighted by atomic mass is 10.0. The van der Waals surface area contributed by atoms with E-state index in [0.717, 1.165) is 6.42 Å².